The van der Waals surface area contributed by atoms with E-state index in [1.54, 1.807) is 7.11 Å². The van der Waals surface area contributed by atoms with E-state index in [-0.39, 0.29) is 6.10 Å². The molecule has 1 unspecified atom stereocenters. The van der Waals surface area contributed by atoms with Crippen LogP contribution in [-0.2, 0) is 4.74 Å². The van der Waals surface area contributed by atoms with Gasteiger partial charge in [0.1, 0.15) is 0 Å². The van der Waals surface area contributed by atoms with Gasteiger partial charge in [0.05, 0.1) is 32.5 Å². The van der Waals surface area contributed by atoms with Crippen molar-refractivity contribution < 1.29 is 19.3 Å². The number of hydrogen-bond acceptors (Lipinski definition) is 5. The first-order chi connectivity index (χ1) is 10.1. The second-order valence-electron chi connectivity index (χ2n) is 5.47. The molecule has 2 rings (SSSR count). The minimum atomic E-state index is -0.605. The Morgan fingerprint density at radius 3 is 2.62 bits per heavy atom. The van der Waals surface area contributed by atoms with Crippen LogP contribution in [0.3, 0.4) is 0 Å². The van der Waals surface area contributed by atoms with Crippen LogP contribution in [0.4, 0.5) is 0 Å². The lowest BCUT2D eigenvalue weighted by molar-refractivity contribution is 0.0136. The van der Waals surface area contributed by atoms with E-state index in [1.807, 2.05) is 32.0 Å². The van der Waals surface area contributed by atoms with E-state index in [1.165, 1.54) is 0 Å². The van der Waals surface area contributed by atoms with Crippen molar-refractivity contribution >= 4 is 0 Å². The first-order valence-corrected chi connectivity index (χ1v) is 7.43. The fraction of sp³-hybridized carbons (Fsp3) is 0.625. The SMILES string of the molecule is COc1cccc(C(O)CN2CCOCC2)c1OC(C)C. The summed E-state index contributed by atoms with van der Waals surface area (Å²) in [4.78, 5) is 2.20. The van der Waals surface area contributed by atoms with Gasteiger partial charge in [0.2, 0.25) is 0 Å². The number of nitrogens with zero attached hydrogens (tertiary/aromatic N) is 1. The Morgan fingerprint density at radius 2 is 2.00 bits per heavy atom. The number of β-amino-alcohol motifs (C(OH)–C–C–N with tert-alkyl or cyclic N) is 1. The smallest absolute Gasteiger partial charge is 0.167 e. The Hall–Kier alpha value is -1.30. The third-order valence-corrected chi connectivity index (χ3v) is 3.48. The summed E-state index contributed by atoms with van der Waals surface area (Å²) in [7, 11) is 1.61. The monoisotopic (exact) mass is 295 g/mol. The van der Waals surface area contributed by atoms with Gasteiger partial charge in [-0.15, -0.1) is 0 Å². The molecule has 1 saturated heterocycles. The Morgan fingerprint density at radius 1 is 1.29 bits per heavy atom. The van der Waals surface area contributed by atoms with Gasteiger partial charge in [-0.2, -0.15) is 0 Å². The number of methoxy groups -OCH3 is 1. The highest BCUT2D eigenvalue weighted by atomic mass is 16.5. The lowest BCUT2D eigenvalue weighted by Gasteiger charge is -2.29. The average molecular weight is 295 g/mol. The summed E-state index contributed by atoms with van der Waals surface area (Å²) in [6, 6.07) is 5.62. The predicted molar refractivity (Wildman–Crippen MR) is 81.0 cm³/mol. The number of benzene rings is 1. The summed E-state index contributed by atoms with van der Waals surface area (Å²) in [6.45, 7) is 7.64. The second kappa shape index (κ2) is 7.64. The molecule has 5 heteroatoms. The van der Waals surface area contributed by atoms with Crippen LogP contribution in [-0.4, -0.2) is 56.1 Å². The molecular weight excluding hydrogens is 270 g/mol. The normalized spacial score (nSPS) is 17.8. The first kappa shape index (κ1) is 16.1. The topological polar surface area (TPSA) is 51.2 Å². The summed E-state index contributed by atoms with van der Waals surface area (Å²) in [5.74, 6) is 1.29. The van der Waals surface area contributed by atoms with Crippen LogP contribution in [0.25, 0.3) is 0 Å². The average Bonchev–Trinajstić information content (AvgIpc) is 2.47. The summed E-state index contributed by atoms with van der Waals surface area (Å²) < 4.78 is 16.5. The van der Waals surface area contributed by atoms with Gasteiger partial charge in [0, 0.05) is 25.2 Å². The van der Waals surface area contributed by atoms with E-state index < -0.39 is 6.10 Å². The summed E-state index contributed by atoms with van der Waals surface area (Å²) >= 11 is 0. The van der Waals surface area contributed by atoms with Gasteiger partial charge in [0.25, 0.3) is 0 Å². The highest BCUT2D eigenvalue weighted by molar-refractivity contribution is 5.48. The summed E-state index contributed by atoms with van der Waals surface area (Å²) in [6.07, 6.45) is -0.581. The van der Waals surface area contributed by atoms with E-state index in [0.29, 0.717) is 18.0 Å². The Labute approximate surface area is 126 Å². The molecule has 1 atom stereocenters. The maximum absolute atomic E-state index is 10.6. The van der Waals surface area contributed by atoms with Crippen LogP contribution in [0.2, 0.25) is 0 Å². The van der Waals surface area contributed by atoms with Crippen molar-refractivity contribution in [1.29, 1.82) is 0 Å². The third-order valence-electron chi connectivity index (χ3n) is 3.48. The van der Waals surface area contributed by atoms with Crippen molar-refractivity contribution in [3.05, 3.63) is 23.8 Å². The fourth-order valence-electron chi connectivity index (χ4n) is 2.44. The number of aliphatic hydroxyl groups is 1. The quantitative estimate of drug-likeness (QED) is 0.868. The van der Waals surface area contributed by atoms with Crippen molar-refractivity contribution in [3.8, 4) is 11.5 Å². The minimum absolute atomic E-state index is 0.0237. The number of aliphatic hydroxyl groups excluding tert-OH is 1. The zero-order valence-corrected chi connectivity index (χ0v) is 13.0. The Bertz CT molecular complexity index is 444. The number of rotatable bonds is 6. The molecule has 0 amide bonds. The van der Waals surface area contributed by atoms with Crippen molar-refractivity contribution in [2.24, 2.45) is 0 Å². The van der Waals surface area contributed by atoms with Gasteiger partial charge >= 0.3 is 0 Å². The summed E-state index contributed by atoms with van der Waals surface area (Å²) in [5.41, 5.74) is 0.773. The summed E-state index contributed by atoms with van der Waals surface area (Å²) in [5, 5.41) is 10.6. The molecule has 1 aliphatic rings. The van der Waals surface area contributed by atoms with Crippen LogP contribution in [0.1, 0.15) is 25.5 Å². The van der Waals surface area contributed by atoms with Crippen LogP contribution in [0.5, 0.6) is 11.5 Å². The van der Waals surface area contributed by atoms with E-state index in [2.05, 4.69) is 4.90 Å². The van der Waals surface area contributed by atoms with Gasteiger partial charge < -0.3 is 19.3 Å². The third kappa shape index (κ3) is 4.33. The molecule has 1 aliphatic heterocycles. The number of morpholine rings is 1. The standard InChI is InChI=1S/C16H25NO4/c1-12(2)21-16-13(5-4-6-15(16)19-3)14(18)11-17-7-9-20-10-8-17/h4-6,12,14,18H,7-11H2,1-3H3. The molecule has 1 heterocycles. The molecule has 1 N–H and O–H groups in total. The largest absolute Gasteiger partial charge is 0.493 e. The lowest BCUT2D eigenvalue weighted by Crippen LogP contribution is -2.38. The molecule has 118 valence electrons. The van der Waals surface area contributed by atoms with Crippen molar-refractivity contribution in [2.75, 3.05) is 40.0 Å². The molecule has 0 aliphatic carbocycles. The van der Waals surface area contributed by atoms with Crippen LogP contribution < -0.4 is 9.47 Å². The Kier molecular flexibility index (Phi) is 5.85. The van der Waals surface area contributed by atoms with Crippen molar-refractivity contribution in [2.45, 2.75) is 26.1 Å². The molecule has 1 aromatic rings. The number of hydrogen-bond donors (Lipinski definition) is 1. The maximum Gasteiger partial charge on any atom is 0.167 e. The van der Waals surface area contributed by atoms with Crippen LogP contribution in [0, 0.1) is 0 Å². The Balaban J connectivity index is 2.16. The fourth-order valence-corrected chi connectivity index (χ4v) is 2.44. The molecule has 1 fully saturated rings. The van der Waals surface area contributed by atoms with Gasteiger partial charge in [-0.3, -0.25) is 4.90 Å². The predicted octanol–water partition coefficient (Wildman–Crippen LogP) is 1.85. The van der Waals surface area contributed by atoms with Crippen LogP contribution in [0.15, 0.2) is 18.2 Å². The lowest BCUT2D eigenvalue weighted by atomic mass is 10.1. The maximum atomic E-state index is 10.6. The molecule has 0 aromatic heterocycles. The number of para-hydroxylation sites is 1. The van der Waals surface area contributed by atoms with Gasteiger partial charge in [-0.1, -0.05) is 12.1 Å². The second-order valence-corrected chi connectivity index (χ2v) is 5.47. The molecule has 1 aromatic carbocycles. The molecule has 0 saturated carbocycles. The zero-order valence-electron chi connectivity index (χ0n) is 13.0. The first-order valence-electron chi connectivity index (χ1n) is 7.43. The zero-order chi connectivity index (χ0) is 15.2. The van der Waals surface area contributed by atoms with E-state index in [4.69, 9.17) is 14.2 Å². The highest BCUT2D eigenvalue weighted by Crippen LogP contribution is 2.36. The highest BCUT2D eigenvalue weighted by Gasteiger charge is 2.21. The molecule has 0 spiro atoms. The van der Waals surface area contributed by atoms with Gasteiger partial charge in [0.15, 0.2) is 11.5 Å². The van der Waals surface area contributed by atoms with E-state index in [9.17, 15) is 5.11 Å². The van der Waals surface area contributed by atoms with Crippen molar-refractivity contribution in [3.63, 3.8) is 0 Å². The molecule has 21 heavy (non-hydrogen) atoms. The van der Waals surface area contributed by atoms with E-state index >= 15 is 0 Å². The van der Waals surface area contributed by atoms with Gasteiger partial charge in [-0.05, 0) is 19.9 Å². The molecule has 0 radical (unpaired) electrons. The van der Waals surface area contributed by atoms with E-state index in [0.717, 1.165) is 31.9 Å². The van der Waals surface area contributed by atoms with Crippen LogP contribution >= 0.6 is 0 Å². The molecule has 0 bridgehead atoms. The van der Waals surface area contributed by atoms with Gasteiger partial charge in [-0.25, -0.2) is 0 Å². The molecular formula is C16H25NO4. The minimum Gasteiger partial charge on any atom is -0.493 e. The van der Waals surface area contributed by atoms with Crippen molar-refractivity contribution in [1.82, 2.24) is 4.90 Å². The number of ether oxygens (including phenoxy) is 3. The molecule has 5 nitrogen and oxygen atoms in total.